The second kappa shape index (κ2) is 6.57. The Morgan fingerprint density at radius 1 is 1.21 bits per heavy atom. The Kier molecular flexibility index (Phi) is 4.80. The summed E-state index contributed by atoms with van der Waals surface area (Å²) in [6.07, 6.45) is 3.00. The molecule has 2 atom stereocenters. The van der Waals surface area contributed by atoms with Crippen molar-refractivity contribution in [2.45, 2.75) is 38.3 Å². The Morgan fingerprint density at radius 3 is 2.53 bits per heavy atom. The van der Waals surface area contributed by atoms with Gasteiger partial charge in [0.1, 0.15) is 0 Å². The van der Waals surface area contributed by atoms with Crippen molar-refractivity contribution in [1.29, 1.82) is 0 Å². The molecule has 2 N–H and O–H groups in total. The number of carbonyl (C=O) groups is 1. The molecule has 2 rings (SSSR count). The molecule has 0 unspecified atom stereocenters. The number of aliphatic hydroxyl groups is 1. The third-order valence-corrected chi connectivity index (χ3v) is 3.95. The quantitative estimate of drug-likeness (QED) is 0.878. The zero-order valence-corrected chi connectivity index (χ0v) is 11.0. The summed E-state index contributed by atoms with van der Waals surface area (Å²) in [6.45, 7) is 0.473. The minimum Gasteiger partial charge on any atom is -0.465 e. The first-order valence-electron chi connectivity index (χ1n) is 6.86. The van der Waals surface area contributed by atoms with E-state index in [-0.39, 0.29) is 18.6 Å². The fourth-order valence-electron chi connectivity index (χ4n) is 2.92. The number of benzene rings is 1. The molecule has 1 fully saturated rings. The van der Waals surface area contributed by atoms with E-state index in [9.17, 15) is 15.0 Å². The van der Waals surface area contributed by atoms with Crippen LogP contribution >= 0.6 is 0 Å². The van der Waals surface area contributed by atoms with E-state index in [0.29, 0.717) is 6.54 Å². The fraction of sp³-hybridized carbons (Fsp3) is 0.533. The van der Waals surface area contributed by atoms with Gasteiger partial charge in [0.15, 0.2) is 0 Å². The monoisotopic (exact) mass is 263 g/mol. The van der Waals surface area contributed by atoms with Crippen LogP contribution in [0.15, 0.2) is 30.3 Å². The second-order valence-electron chi connectivity index (χ2n) is 5.19. The summed E-state index contributed by atoms with van der Waals surface area (Å²) in [6, 6.07) is 9.57. The zero-order valence-electron chi connectivity index (χ0n) is 11.0. The van der Waals surface area contributed by atoms with Gasteiger partial charge in [0, 0.05) is 25.1 Å². The molecule has 1 amide bonds. The van der Waals surface area contributed by atoms with Crippen molar-refractivity contribution in [1.82, 2.24) is 4.90 Å². The standard InChI is InChI=1S/C15H21NO3/c17-11-13-8-4-5-9-14(13)16(15(18)19)10-12-6-2-1-3-7-12/h1-3,6-7,13-14,17H,4-5,8-11H2,(H,18,19)/t13-,14-/m1/s1. The van der Waals surface area contributed by atoms with E-state index in [4.69, 9.17) is 0 Å². The molecular formula is C15H21NO3. The van der Waals surface area contributed by atoms with Crippen LogP contribution < -0.4 is 0 Å². The van der Waals surface area contributed by atoms with Gasteiger partial charge in [-0.15, -0.1) is 0 Å². The Balaban J connectivity index is 2.12. The third-order valence-electron chi connectivity index (χ3n) is 3.95. The molecule has 1 aromatic rings. The third kappa shape index (κ3) is 3.47. The summed E-state index contributed by atoms with van der Waals surface area (Å²) in [4.78, 5) is 13.0. The molecule has 0 spiro atoms. The molecule has 0 aromatic heterocycles. The van der Waals surface area contributed by atoms with Crippen LogP contribution in [-0.4, -0.2) is 33.9 Å². The van der Waals surface area contributed by atoms with Crippen molar-refractivity contribution < 1.29 is 15.0 Å². The zero-order chi connectivity index (χ0) is 13.7. The molecule has 1 saturated carbocycles. The van der Waals surface area contributed by atoms with Crippen molar-refractivity contribution in [3.05, 3.63) is 35.9 Å². The van der Waals surface area contributed by atoms with Crippen LogP contribution in [0.25, 0.3) is 0 Å². The highest BCUT2D eigenvalue weighted by atomic mass is 16.4. The topological polar surface area (TPSA) is 60.8 Å². The highest BCUT2D eigenvalue weighted by molar-refractivity contribution is 5.65. The molecule has 1 aliphatic rings. The summed E-state index contributed by atoms with van der Waals surface area (Å²) < 4.78 is 0. The van der Waals surface area contributed by atoms with Crippen LogP contribution in [0.2, 0.25) is 0 Å². The van der Waals surface area contributed by atoms with E-state index < -0.39 is 6.09 Å². The lowest BCUT2D eigenvalue weighted by atomic mass is 9.84. The smallest absolute Gasteiger partial charge is 0.407 e. The molecule has 1 aromatic carbocycles. The van der Waals surface area contributed by atoms with E-state index >= 15 is 0 Å². The fourth-order valence-corrected chi connectivity index (χ4v) is 2.92. The van der Waals surface area contributed by atoms with Crippen molar-refractivity contribution in [3.8, 4) is 0 Å². The minimum atomic E-state index is -0.894. The number of amides is 1. The maximum absolute atomic E-state index is 11.5. The van der Waals surface area contributed by atoms with E-state index in [0.717, 1.165) is 31.2 Å². The van der Waals surface area contributed by atoms with Crippen LogP contribution in [-0.2, 0) is 6.54 Å². The Bertz CT molecular complexity index is 407. The largest absolute Gasteiger partial charge is 0.465 e. The molecule has 0 bridgehead atoms. The van der Waals surface area contributed by atoms with Gasteiger partial charge in [0.05, 0.1) is 0 Å². The van der Waals surface area contributed by atoms with Gasteiger partial charge >= 0.3 is 6.09 Å². The maximum Gasteiger partial charge on any atom is 0.407 e. The predicted octanol–water partition coefficient (Wildman–Crippen LogP) is 2.72. The number of hydrogen-bond acceptors (Lipinski definition) is 2. The maximum atomic E-state index is 11.5. The lowest BCUT2D eigenvalue weighted by Gasteiger charge is -2.37. The van der Waals surface area contributed by atoms with Crippen LogP contribution in [0.4, 0.5) is 4.79 Å². The van der Waals surface area contributed by atoms with Gasteiger partial charge in [-0.2, -0.15) is 0 Å². The average molecular weight is 263 g/mol. The molecule has 0 aliphatic heterocycles. The number of nitrogens with zero attached hydrogens (tertiary/aromatic N) is 1. The van der Waals surface area contributed by atoms with E-state index in [1.807, 2.05) is 30.3 Å². The van der Waals surface area contributed by atoms with Gasteiger partial charge < -0.3 is 15.1 Å². The first-order valence-corrected chi connectivity index (χ1v) is 6.86. The van der Waals surface area contributed by atoms with Crippen LogP contribution in [0, 0.1) is 5.92 Å². The number of aliphatic hydroxyl groups excluding tert-OH is 1. The van der Waals surface area contributed by atoms with Crippen LogP contribution in [0.5, 0.6) is 0 Å². The van der Waals surface area contributed by atoms with Crippen LogP contribution in [0.1, 0.15) is 31.2 Å². The molecule has 0 heterocycles. The number of rotatable bonds is 4. The molecule has 0 radical (unpaired) electrons. The molecule has 19 heavy (non-hydrogen) atoms. The molecule has 0 saturated heterocycles. The van der Waals surface area contributed by atoms with Gasteiger partial charge in [-0.1, -0.05) is 43.2 Å². The van der Waals surface area contributed by atoms with Crippen molar-refractivity contribution in [2.75, 3.05) is 6.61 Å². The average Bonchev–Trinajstić information content (AvgIpc) is 2.45. The molecule has 4 heteroatoms. The minimum absolute atomic E-state index is 0.0588. The Hall–Kier alpha value is -1.55. The van der Waals surface area contributed by atoms with E-state index in [1.54, 1.807) is 0 Å². The van der Waals surface area contributed by atoms with Crippen molar-refractivity contribution in [3.63, 3.8) is 0 Å². The highest BCUT2D eigenvalue weighted by Gasteiger charge is 2.32. The lowest BCUT2D eigenvalue weighted by Crippen LogP contribution is -2.46. The summed E-state index contributed by atoms with van der Waals surface area (Å²) >= 11 is 0. The van der Waals surface area contributed by atoms with Gasteiger partial charge in [0.2, 0.25) is 0 Å². The van der Waals surface area contributed by atoms with Gasteiger partial charge in [0.25, 0.3) is 0 Å². The summed E-state index contributed by atoms with van der Waals surface area (Å²) in [5, 5.41) is 18.9. The predicted molar refractivity (Wildman–Crippen MR) is 72.8 cm³/mol. The molecule has 1 aliphatic carbocycles. The van der Waals surface area contributed by atoms with Gasteiger partial charge in [-0.05, 0) is 18.4 Å². The molecular weight excluding hydrogens is 242 g/mol. The van der Waals surface area contributed by atoms with Crippen molar-refractivity contribution in [2.24, 2.45) is 5.92 Å². The first kappa shape index (κ1) is 13.9. The van der Waals surface area contributed by atoms with E-state index in [2.05, 4.69) is 0 Å². The summed E-state index contributed by atoms with van der Waals surface area (Å²) in [5.74, 6) is 0.0774. The normalized spacial score (nSPS) is 23.0. The second-order valence-corrected chi connectivity index (χ2v) is 5.19. The lowest BCUT2D eigenvalue weighted by molar-refractivity contribution is 0.0575. The number of carboxylic acid groups (broad SMARTS) is 1. The first-order chi connectivity index (χ1) is 9.22. The highest BCUT2D eigenvalue weighted by Crippen LogP contribution is 2.29. The molecule has 4 nitrogen and oxygen atoms in total. The number of hydrogen-bond donors (Lipinski definition) is 2. The van der Waals surface area contributed by atoms with Crippen LogP contribution in [0.3, 0.4) is 0 Å². The Labute approximate surface area is 113 Å². The van der Waals surface area contributed by atoms with Gasteiger partial charge in [-0.25, -0.2) is 4.79 Å². The Morgan fingerprint density at radius 2 is 1.89 bits per heavy atom. The van der Waals surface area contributed by atoms with Crippen molar-refractivity contribution >= 4 is 6.09 Å². The molecule has 104 valence electrons. The summed E-state index contributed by atoms with van der Waals surface area (Å²) in [7, 11) is 0. The van der Waals surface area contributed by atoms with Gasteiger partial charge in [-0.3, -0.25) is 0 Å². The van der Waals surface area contributed by atoms with E-state index in [1.165, 1.54) is 4.90 Å². The summed E-state index contributed by atoms with van der Waals surface area (Å²) in [5.41, 5.74) is 0.993. The SMILES string of the molecule is O=C(O)N(Cc1ccccc1)[C@@H]1CCCC[C@@H]1CO.